The molecule has 1 aromatic heterocycles. The summed E-state index contributed by atoms with van der Waals surface area (Å²) in [6, 6.07) is 7.50. The van der Waals surface area contributed by atoms with Gasteiger partial charge >= 0.3 is 0 Å². The summed E-state index contributed by atoms with van der Waals surface area (Å²) in [5.41, 5.74) is 0.609. The molecule has 144 valence electrons. The van der Waals surface area contributed by atoms with Crippen LogP contribution in [0, 0.1) is 5.92 Å². The Morgan fingerprint density at radius 1 is 1.19 bits per heavy atom. The van der Waals surface area contributed by atoms with Crippen molar-refractivity contribution in [1.82, 2.24) is 25.5 Å². The van der Waals surface area contributed by atoms with Crippen LogP contribution in [0.25, 0.3) is 0 Å². The molecule has 4 rings (SSSR count). The highest BCUT2D eigenvalue weighted by molar-refractivity contribution is 5.94. The lowest BCUT2D eigenvalue weighted by Gasteiger charge is -2.21. The van der Waals surface area contributed by atoms with E-state index in [-0.39, 0.29) is 11.9 Å². The summed E-state index contributed by atoms with van der Waals surface area (Å²) in [5.74, 6) is 2.06. The van der Waals surface area contributed by atoms with Gasteiger partial charge in [0.1, 0.15) is 5.75 Å². The van der Waals surface area contributed by atoms with Crippen LogP contribution >= 0.6 is 0 Å². The van der Waals surface area contributed by atoms with Gasteiger partial charge in [0, 0.05) is 5.56 Å². The molecule has 0 saturated heterocycles. The van der Waals surface area contributed by atoms with Crippen LogP contribution in [0.1, 0.15) is 80.1 Å². The molecule has 1 heterocycles. The normalized spacial score (nSPS) is 18.9. The minimum Gasteiger partial charge on any atom is -0.493 e. The highest BCUT2D eigenvalue weighted by Gasteiger charge is 2.30. The largest absolute Gasteiger partial charge is 0.493 e. The fourth-order valence-corrected chi connectivity index (χ4v) is 3.68. The van der Waals surface area contributed by atoms with Gasteiger partial charge in [-0.15, -0.1) is 5.10 Å². The number of carbonyl (C=O) groups excluding carboxylic acids is 1. The zero-order chi connectivity index (χ0) is 18.6. The average Bonchev–Trinajstić information content (AvgIpc) is 3.43. The van der Waals surface area contributed by atoms with Crippen molar-refractivity contribution >= 4 is 5.91 Å². The van der Waals surface area contributed by atoms with E-state index in [4.69, 9.17) is 4.74 Å². The minimum atomic E-state index is -0.240. The molecule has 2 aliphatic rings. The van der Waals surface area contributed by atoms with Crippen molar-refractivity contribution in [2.45, 2.75) is 64.0 Å². The highest BCUT2D eigenvalue weighted by atomic mass is 16.5. The standard InChI is InChI=1S/C20H27N5O2/c1-14(19-22-23-24-25(19)17-9-10-17)21-20(26)16-7-11-18(12-8-16)27-13-15-5-3-2-4-6-15/h7-8,11-12,14-15,17H,2-6,9-10,13H2,1H3,(H,21,26)/t14-/m1/s1. The molecule has 7 nitrogen and oxygen atoms in total. The molecule has 27 heavy (non-hydrogen) atoms. The van der Waals surface area contributed by atoms with Crippen LogP contribution in [0.5, 0.6) is 5.75 Å². The molecule has 0 unspecified atom stereocenters. The van der Waals surface area contributed by atoms with Crippen molar-refractivity contribution in [3.63, 3.8) is 0 Å². The van der Waals surface area contributed by atoms with Crippen molar-refractivity contribution in [2.24, 2.45) is 5.92 Å². The van der Waals surface area contributed by atoms with E-state index >= 15 is 0 Å². The summed E-state index contributed by atoms with van der Waals surface area (Å²) in [7, 11) is 0. The van der Waals surface area contributed by atoms with E-state index < -0.39 is 0 Å². The van der Waals surface area contributed by atoms with Crippen molar-refractivity contribution in [3.8, 4) is 5.75 Å². The second-order valence-electron chi connectivity index (χ2n) is 7.75. The molecular formula is C20H27N5O2. The summed E-state index contributed by atoms with van der Waals surface area (Å²) in [6.45, 7) is 2.68. The van der Waals surface area contributed by atoms with Crippen LogP contribution in [-0.4, -0.2) is 32.7 Å². The SMILES string of the molecule is C[C@@H](NC(=O)c1ccc(OCC2CCCCC2)cc1)c1nnnn1C1CC1. The van der Waals surface area contributed by atoms with Gasteiger partial charge in [0.15, 0.2) is 5.82 Å². The molecule has 1 aromatic carbocycles. The number of carbonyl (C=O) groups is 1. The van der Waals surface area contributed by atoms with E-state index in [9.17, 15) is 4.79 Å². The van der Waals surface area contributed by atoms with Gasteiger partial charge in [-0.25, -0.2) is 4.68 Å². The molecule has 2 fully saturated rings. The van der Waals surface area contributed by atoms with E-state index in [1.54, 1.807) is 0 Å². The maximum Gasteiger partial charge on any atom is 0.251 e. The first-order chi connectivity index (χ1) is 13.2. The Bertz CT molecular complexity index is 763. The molecule has 0 spiro atoms. The van der Waals surface area contributed by atoms with Crippen molar-refractivity contribution in [3.05, 3.63) is 35.7 Å². The third-order valence-electron chi connectivity index (χ3n) is 5.47. The minimum absolute atomic E-state index is 0.133. The summed E-state index contributed by atoms with van der Waals surface area (Å²) in [4.78, 5) is 12.5. The van der Waals surface area contributed by atoms with Gasteiger partial charge in [-0.05, 0) is 73.2 Å². The fraction of sp³-hybridized carbons (Fsp3) is 0.600. The number of hydrogen-bond acceptors (Lipinski definition) is 5. The zero-order valence-corrected chi connectivity index (χ0v) is 15.8. The first-order valence-corrected chi connectivity index (χ1v) is 10.0. The van der Waals surface area contributed by atoms with E-state index in [1.807, 2.05) is 35.9 Å². The van der Waals surface area contributed by atoms with Gasteiger partial charge in [-0.3, -0.25) is 4.79 Å². The summed E-state index contributed by atoms with van der Waals surface area (Å²) in [5, 5.41) is 14.8. The Morgan fingerprint density at radius 2 is 1.93 bits per heavy atom. The molecule has 1 N–H and O–H groups in total. The fourth-order valence-electron chi connectivity index (χ4n) is 3.68. The highest BCUT2D eigenvalue weighted by Crippen LogP contribution is 2.35. The Hall–Kier alpha value is -2.44. The van der Waals surface area contributed by atoms with Gasteiger partial charge in [0.2, 0.25) is 0 Å². The number of nitrogens with zero attached hydrogens (tertiary/aromatic N) is 4. The maximum absolute atomic E-state index is 12.5. The van der Waals surface area contributed by atoms with Crippen LogP contribution in [-0.2, 0) is 0 Å². The molecule has 2 aromatic rings. The van der Waals surface area contributed by atoms with Gasteiger partial charge in [0.25, 0.3) is 5.91 Å². The molecule has 2 aliphatic carbocycles. The van der Waals surface area contributed by atoms with Crippen LogP contribution in [0.3, 0.4) is 0 Å². The predicted molar refractivity (Wildman–Crippen MR) is 100 cm³/mol. The van der Waals surface area contributed by atoms with E-state index in [0.717, 1.165) is 25.2 Å². The van der Waals surface area contributed by atoms with E-state index in [1.165, 1.54) is 32.1 Å². The van der Waals surface area contributed by atoms with Gasteiger partial charge < -0.3 is 10.1 Å². The van der Waals surface area contributed by atoms with Crippen LogP contribution in [0.4, 0.5) is 0 Å². The summed E-state index contributed by atoms with van der Waals surface area (Å²) >= 11 is 0. The Kier molecular flexibility index (Phi) is 5.36. The van der Waals surface area contributed by atoms with E-state index in [2.05, 4.69) is 20.8 Å². The number of hydrogen-bond donors (Lipinski definition) is 1. The lowest BCUT2D eigenvalue weighted by molar-refractivity contribution is 0.0937. The predicted octanol–water partition coefficient (Wildman–Crippen LogP) is 3.46. The third-order valence-corrected chi connectivity index (χ3v) is 5.47. The van der Waals surface area contributed by atoms with E-state index in [0.29, 0.717) is 23.3 Å². The summed E-state index contributed by atoms with van der Waals surface area (Å²) < 4.78 is 7.73. The Labute approximate surface area is 159 Å². The number of tetrazole rings is 1. The molecule has 2 saturated carbocycles. The van der Waals surface area contributed by atoms with Gasteiger partial charge in [-0.2, -0.15) is 0 Å². The van der Waals surface area contributed by atoms with Crippen molar-refractivity contribution < 1.29 is 9.53 Å². The second kappa shape index (κ2) is 8.06. The number of ether oxygens (including phenoxy) is 1. The number of rotatable bonds is 7. The molecule has 0 aliphatic heterocycles. The van der Waals surface area contributed by atoms with Crippen molar-refractivity contribution in [2.75, 3.05) is 6.61 Å². The van der Waals surface area contributed by atoms with Crippen LogP contribution in [0.15, 0.2) is 24.3 Å². The summed E-state index contributed by atoms with van der Waals surface area (Å²) in [6.07, 6.45) is 8.70. The zero-order valence-electron chi connectivity index (χ0n) is 15.8. The quantitative estimate of drug-likeness (QED) is 0.808. The smallest absolute Gasteiger partial charge is 0.251 e. The number of aromatic nitrogens is 4. The monoisotopic (exact) mass is 369 g/mol. The number of benzene rings is 1. The average molecular weight is 369 g/mol. The first-order valence-electron chi connectivity index (χ1n) is 10.0. The Morgan fingerprint density at radius 3 is 2.63 bits per heavy atom. The topological polar surface area (TPSA) is 81.9 Å². The van der Waals surface area contributed by atoms with Crippen LogP contribution in [0.2, 0.25) is 0 Å². The molecule has 0 bridgehead atoms. The molecular weight excluding hydrogens is 342 g/mol. The lowest BCUT2D eigenvalue weighted by atomic mass is 9.90. The molecule has 7 heteroatoms. The third kappa shape index (κ3) is 4.46. The van der Waals surface area contributed by atoms with Gasteiger partial charge in [-0.1, -0.05) is 19.3 Å². The van der Waals surface area contributed by atoms with Crippen molar-refractivity contribution in [1.29, 1.82) is 0 Å². The number of amides is 1. The first kappa shape index (κ1) is 17.9. The lowest BCUT2D eigenvalue weighted by Crippen LogP contribution is -2.28. The molecule has 0 radical (unpaired) electrons. The maximum atomic E-state index is 12.5. The second-order valence-corrected chi connectivity index (χ2v) is 7.75. The molecule has 1 atom stereocenters. The van der Waals surface area contributed by atoms with Gasteiger partial charge in [0.05, 0.1) is 18.7 Å². The molecule has 1 amide bonds. The number of nitrogens with one attached hydrogen (secondary N) is 1. The van der Waals surface area contributed by atoms with Crippen LogP contribution < -0.4 is 10.1 Å². The Balaban J connectivity index is 1.31.